The van der Waals surface area contributed by atoms with Crippen molar-refractivity contribution in [2.45, 2.75) is 0 Å². The van der Waals surface area contributed by atoms with Crippen LogP contribution >= 0.6 is 11.6 Å². The molecule has 0 radical (unpaired) electrons. The van der Waals surface area contributed by atoms with Crippen molar-refractivity contribution in [1.82, 2.24) is 4.98 Å². The number of rotatable bonds is 3. The first-order valence-corrected chi connectivity index (χ1v) is 5.64. The van der Waals surface area contributed by atoms with Gasteiger partial charge in [0.2, 0.25) is 0 Å². The van der Waals surface area contributed by atoms with Crippen LogP contribution in [-0.2, 0) is 0 Å². The monoisotopic (exact) mass is 281 g/mol. The molecule has 0 saturated heterocycles. The molecule has 98 valence electrons. The summed E-state index contributed by atoms with van der Waals surface area (Å²) >= 11 is 5.65. The first-order valence-electron chi connectivity index (χ1n) is 5.26. The summed E-state index contributed by atoms with van der Waals surface area (Å²) < 4.78 is 19.0. The number of ether oxygens (including phenoxy) is 1. The zero-order valence-electron chi connectivity index (χ0n) is 9.85. The Hall–Kier alpha value is -2.14. The molecule has 0 bridgehead atoms. The van der Waals surface area contributed by atoms with E-state index in [2.05, 4.69) is 4.98 Å². The summed E-state index contributed by atoms with van der Waals surface area (Å²) in [7, 11) is 1.33. The Morgan fingerprint density at radius 3 is 2.79 bits per heavy atom. The summed E-state index contributed by atoms with van der Waals surface area (Å²) in [6.07, 6.45) is 1.23. The molecule has 0 saturated carbocycles. The second-order valence-corrected chi connectivity index (χ2v) is 4.07. The molecule has 1 aromatic heterocycles. The van der Waals surface area contributed by atoms with E-state index in [1.807, 2.05) is 0 Å². The van der Waals surface area contributed by atoms with Gasteiger partial charge in [-0.15, -0.1) is 0 Å². The van der Waals surface area contributed by atoms with Crippen molar-refractivity contribution in [3.8, 4) is 16.9 Å². The third-order valence-electron chi connectivity index (χ3n) is 2.57. The van der Waals surface area contributed by atoms with E-state index < -0.39 is 11.8 Å². The van der Waals surface area contributed by atoms with Gasteiger partial charge in [0.1, 0.15) is 5.15 Å². The van der Waals surface area contributed by atoms with Crippen LogP contribution in [0.3, 0.4) is 0 Å². The lowest BCUT2D eigenvalue weighted by atomic mass is 10.0. The highest BCUT2D eigenvalue weighted by Crippen LogP contribution is 2.31. The lowest BCUT2D eigenvalue weighted by molar-refractivity contribution is 0.0697. The van der Waals surface area contributed by atoms with Crippen molar-refractivity contribution >= 4 is 17.6 Å². The molecule has 2 aromatic rings. The molecule has 0 spiro atoms. The minimum atomic E-state index is -1.21. The highest BCUT2D eigenvalue weighted by Gasteiger charge is 2.18. The van der Waals surface area contributed by atoms with Gasteiger partial charge in [-0.25, -0.2) is 14.2 Å². The van der Waals surface area contributed by atoms with Gasteiger partial charge < -0.3 is 9.84 Å². The predicted octanol–water partition coefficient (Wildman–Crippen LogP) is 3.25. The summed E-state index contributed by atoms with van der Waals surface area (Å²) in [6, 6.07) is 5.65. The maximum Gasteiger partial charge on any atom is 0.336 e. The molecule has 0 atom stereocenters. The van der Waals surface area contributed by atoms with Crippen molar-refractivity contribution in [3.05, 3.63) is 47.0 Å². The Morgan fingerprint density at radius 2 is 2.16 bits per heavy atom. The van der Waals surface area contributed by atoms with Crippen molar-refractivity contribution in [1.29, 1.82) is 0 Å². The number of hydrogen-bond acceptors (Lipinski definition) is 3. The average molecular weight is 282 g/mol. The van der Waals surface area contributed by atoms with Gasteiger partial charge in [0, 0.05) is 17.3 Å². The van der Waals surface area contributed by atoms with Gasteiger partial charge in [0.15, 0.2) is 11.6 Å². The number of aromatic nitrogens is 1. The summed E-state index contributed by atoms with van der Waals surface area (Å²) in [5.74, 6) is -1.82. The number of hydrogen-bond donors (Lipinski definition) is 1. The van der Waals surface area contributed by atoms with E-state index in [1.165, 1.54) is 31.5 Å². The standard InChI is InChI=1S/C13H9ClFNO3/c1-19-10-4-2-3-7(12(10)15)9-6-16-11(14)5-8(9)13(17)18/h2-6H,1H3,(H,17,18). The van der Waals surface area contributed by atoms with Gasteiger partial charge in [-0.2, -0.15) is 0 Å². The van der Waals surface area contributed by atoms with Crippen LogP contribution in [0.2, 0.25) is 5.15 Å². The van der Waals surface area contributed by atoms with Crippen LogP contribution in [0.1, 0.15) is 10.4 Å². The molecular formula is C13H9ClFNO3. The largest absolute Gasteiger partial charge is 0.494 e. The van der Waals surface area contributed by atoms with Gasteiger partial charge in [-0.3, -0.25) is 0 Å². The molecule has 0 aliphatic rings. The number of carbonyl (C=O) groups is 1. The Balaban J connectivity index is 2.69. The molecule has 0 aliphatic carbocycles. The van der Waals surface area contributed by atoms with Crippen LogP contribution < -0.4 is 4.74 Å². The molecule has 1 N–H and O–H groups in total. The number of nitrogens with zero attached hydrogens (tertiary/aromatic N) is 1. The Bertz CT molecular complexity index is 646. The minimum absolute atomic E-state index is 0.0313. The lowest BCUT2D eigenvalue weighted by Crippen LogP contribution is -2.02. The number of halogens is 2. The summed E-state index contributed by atoms with van der Waals surface area (Å²) in [5, 5.41) is 9.16. The molecule has 4 nitrogen and oxygen atoms in total. The molecule has 0 aliphatic heterocycles. The molecular weight excluding hydrogens is 273 g/mol. The van der Waals surface area contributed by atoms with Crippen LogP contribution in [0.15, 0.2) is 30.5 Å². The molecule has 1 aromatic carbocycles. The van der Waals surface area contributed by atoms with Gasteiger partial charge in [0.05, 0.1) is 12.7 Å². The van der Waals surface area contributed by atoms with E-state index in [-0.39, 0.29) is 27.6 Å². The fraction of sp³-hybridized carbons (Fsp3) is 0.0769. The molecule has 2 rings (SSSR count). The third kappa shape index (κ3) is 2.51. The smallest absolute Gasteiger partial charge is 0.336 e. The Kier molecular flexibility index (Phi) is 3.66. The van der Waals surface area contributed by atoms with Crippen LogP contribution in [0.5, 0.6) is 5.75 Å². The van der Waals surface area contributed by atoms with Gasteiger partial charge in [-0.05, 0) is 12.1 Å². The Labute approximate surface area is 113 Å². The van der Waals surface area contributed by atoms with E-state index in [0.29, 0.717) is 0 Å². The van der Waals surface area contributed by atoms with E-state index in [1.54, 1.807) is 6.07 Å². The SMILES string of the molecule is COc1cccc(-c2cnc(Cl)cc2C(=O)O)c1F. The van der Waals surface area contributed by atoms with Crippen LogP contribution in [0, 0.1) is 5.82 Å². The molecule has 0 fully saturated rings. The molecule has 0 unspecified atom stereocenters. The highest BCUT2D eigenvalue weighted by atomic mass is 35.5. The molecule has 6 heteroatoms. The van der Waals surface area contributed by atoms with Gasteiger partial charge in [0.25, 0.3) is 0 Å². The molecule has 1 heterocycles. The quantitative estimate of drug-likeness (QED) is 0.878. The predicted molar refractivity (Wildman–Crippen MR) is 68.2 cm³/mol. The number of methoxy groups -OCH3 is 1. The zero-order chi connectivity index (χ0) is 14.0. The second-order valence-electron chi connectivity index (χ2n) is 3.68. The normalized spacial score (nSPS) is 10.3. The van der Waals surface area contributed by atoms with Crippen molar-refractivity contribution in [2.75, 3.05) is 7.11 Å². The van der Waals surface area contributed by atoms with Crippen molar-refractivity contribution < 1.29 is 19.0 Å². The maximum atomic E-state index is 14.1. The van der Waals surface area contributed by atoms with E-state index in [9.17, 15) is 9.18 Å². The number of pyridine rings is 1. The van der Waals surface area contributed by atoms with E-state index in [4.69, 9.17) is 21.4 Å². The van der Waals surface area contributed by atoms with Crippen molar-refractivity contribution in [2.24, 2.45) is 0 Å². The fourth-order valence-corrected chi connectivity index (χ4v) is 1.86. The van der Waals surface area contributed by atoms with Gasteiger partial charge in [-0.1, -0.05) is 23.7 Å². The maximum absolute atomic E-state index is 14.1. The Morgan fingerprint density at radius 1 is 1.42 bits per heavy atom. The number of benzene rings is 1. The zero-order valence-corrected chi connectivity index (χ0v) is 10.6. The second kappa shape index (κ2) is 5.24. The minimum Gasteiger partial charge on any atom is -0.494 e. The first kappa shape index (κ1) is 13.3. The number of aromatic carboxylic acids is 1. The summed E-state index contributed by atoms with van der Waals surface area (Å²) in [6.45, 7) is 0. The van der Waals surface area contributed by atoms with Crippen LogP contribution in [0.25, 0.3) is 11.1 Å². The molecule has 19 heavy (non-hydrogen) atoms. The van der Waals surface area contributed by atoms with E-state index in [0.717, 1.165) is 0 Å². The average Bonchev–Trinajstić information content (AvgIpc) is 2.39. The van der Waals surface area contributed by atoms with Crippen LogP contribution in [0.4, 0.5) is 4.39 Å². The third-order valence-corrected chi connectivity index (χ3v) is 2.78. The number of carboxylic acids is 1. The van der Waals surface area contributed by atoms with Gasteiger partial charge >= 0.3 is 5.97 Å². The molecule has 0 amide bonds. The lowest BCUT2D eigenvalue weighted by Gasteiger charge is -2.09. The van der Waals surface area contributed by atoms with E-state index >= 15 is 0 Å². The highest BCUT2D eigenvalue weighted by molar-refractivity contribution is 6.29. The topological polar surface area (TPSA) is 59.4 Å². The summed E-state index contributed by atoms with van der Waals surface area (Å²) in [4.78, 5) is 15.0. The first-order chi connectivity index (χ1) is 9.04. The van der Waals surface area contributed by atoms with Crippen molar-refractivity contribution in [3.63, 3.8) is 0 Å². The summed E-state index contributed by atoms with van der Waals surface area (Å²) in [5.41, 5.74) is 0.126. The van der Waals surface area contributed by atoms with Crippen LogP contribution in [-0.4, -0.2) is 23.2 Å². The number of carboxylic acid groups (broad SMARTS) is 1. The fourth-order valence-electron chi connectivity index (χ4n) is 1.70.